The van der Waals surface area contributed by atoms with Crippen LogP contribution >= 0.6 is 24.0 Å². The predicted octanol–water partition coefficient (Wildman–Crippen LogP) is 3.90. The van der Waals surface area contributed by atoms with Crippen LogP contribution in [0.15, 0.2) is 47.4 Å². The number of thiocarbonyl (C=S) groups is 1. The van der Waals surface area contributed by atoms with Gasteiger partial charge >= 0.3 is 0 Å². The minimum Gasteiger partial charge on any atom is -0.504 e. The average molecular weight is 373 g/mol. The fourth-order valence-corrected chi connectivity index (χ4v) is 3.63. The van der Waals surface area contributed by atoms with Crippen molar-refractivity contribution >= 4 is 46.0 Å². The number of thioether (sulfide) groups is 1. The van der Waals surface area contributed by atoms with Crippen molar-refractivity contribution in [3.8, 4) is 17.2 Å². The van der Waals surface area contributed by atoms with Gasteiger partial charge in [-0.05, 0) is 55.0 Å². The molecule has 0 radical (unpaired) electrons. The van der Waals surface area contributed by atoms with E-state index in [1.165, 1.54) is 28.8 Å². The maximum Gasteiger partial charge on any atom is 0.270 e. The summed E-state index contributed by atoms with van der Waals surface area (Å²) in [4.78, 5) is 14.6. The zero-order chi connectivity index (χ0) is 18.0. The van der Waals surface area contributed by atoms with Crippen molar-refractivity contribution < 1.29 is 19.7 Å². The molecule has 0 atom stereocenters. The summed E-state index contributed by atoms with van der Waals surface area (Å²) in [6, 6.07) is 11.5. The van der Waals surface area contributed by atoms with Crippen molar-refractivity contribution in [3.63, 3.8) is 0 Å². The molecule has 0 unspecified atom stereocenters. The third-order valence-corrected chi connectivity index (χ3v) is 4.80. The summed E-state index contributed by atoms with van der Waals surface area (Å²) in [6.07, 6.45) is 1.63. The van der Waals surface area contributed by atoms with Gasteiger partial charge in [0.1, 0.15) is 5.75 Å². The lowest BCUT2D eigenvalue weighted by molar-refractivity contribution is -0.113. The zero-order valence-corrected chi connectivity index (χ0v) is 14.9. The van der Waals surface area contributed by atoms with Crippen molar-refractivity contribution in [2.75, 3.05) is 11.5 Å². The quantitative estimate of drug-likeness (QED) is 0.481. The first-order valence-corrected chi connectivity index (χ1v) is 8.75. The fraction of sp³-hybridized carbons (Fsp3) is 0.111. The van der Waals surface area contributed by atoms with Crippen molar-refractivity contribution in [2.24, 2.45) is 0 Å². The van der Waals surface area contributed by atoms with Crippen LogP contribution in [0.4, 0.5) is 5.69 Å². The van der Waals surface area contributed by atoms with E-state index in [-0.39, 0.29) is 17.4 Å². The van der Waals surface area contributed by atoms with E-state index in [4.69, 9.17) is 17.0 Å². The molecule has 1 aliphatic rings. The number of benzene rings is 2. The van der Waals surface area contributed by atoms with E-state index >= 15 is 0 Å². The van der Waals surface area contributed by atoms with E-state index in [2.05, 4.69) is 0 Å². The van der Waals surface area contributed by atoms with E-state index in [0.29, 0.717) is 27.1 Å². The number of hydrogen-bond donors (Lipinski definition) is 2. The third kappa shape index (κ3) is 3.62. The Kier molecular flexibility index (Phi) is 4.96. The molecular formula is C18H15NO4S2. The van der Waals surface area contributed by atoms with Crippen LogP contribution in [0.25, 0.3) is 6.08 Å². The molecule has 7 heteroatoms. The van der Waals surface area contributed by atoms with Crippen molar-refractivity contribution in [2.45, 2.75) is 6.92 Å². The zero-order valence-electron chi connectivity index (χ0n) is 13.3. The molecule has 2 aromatic rings. The lowest BCUT2D eigenvalue weighted by Crippen LogP contribution is -2.27. The number of ether oxygens (including phenoxy) is 1. The van der Waals surface area contributed by atoms with Crippen LogP contribution in [-0.2, 0) is 4.79 Å². The first-order chi connectivity index (χ1) is 12.0. The van der Waals surface area contributed by atoms with Crippen LogP contribution in [0.1, 0.15) is 12.5 Å². The third-order valence-electron chi connectivity index (χ3n) is 3.50. The van der Waals surface area contributed by atoms with Gasteiger partial charge in [0.15, 0.2) is 15.8 Å². The Morgan fingerprint density at radius 3 is 2.52 bits per heavy atom. The Morgan fingerprint density at radius 1 is 1.16 bits per heavy atom. The number of hydrogen-bond acceptors (Lipinski definition) is 6. The molecule has 1 saturated heterocycles. The van der Waals surface area contributed by atoms with Crippen LogP contribution in [0.2, 0.25) is 0 Å². The van der Waals surface area contributed by atoms with Gasteiger partial charge in [0.05, 0.1) is 17.2 Å². The lowest BCUT2D eigenvalue weighted by atomic mass is 10.2. The summed E-state index contributed by atoms with van der Waals surface area (Å²) in [5, 5.41) is 18.9. The van der Waals surface area contributed by atoms with Crippen LogP contribution in [0.5, 0.6) is 17.2 Å². The molecule has 2 aromatic carbocycles. The molecule has 0 aromatic heterocycles. The summed E-state index contributed by atoms with van der Waals surface area (Å²) < 4.78 is 5.83. The Morgan fingerprint density at radius 2 is 1.88 bits per heavy atom. The average Bonchev–Trinajstić information content (AvgIpc) is 2.86. The monoisotopic (exact) mass is 373 g/mol. The molecular weight excluding hydrogens is 358 g/mol. The highest BCUT2D eigenvalue weighted by Crippen LogP contribution is 2.37. The smallest absolute Gasteiger partial charge is 0.270 e. The highest BCUT2D eigenvalue weighted by Gasteiger charge is 2.33. The minimum atomic E-state index is -0.240. The second kappa shape index (κ2) is 7.16. The van der Waals surface area contributed by atoms with E-state index in [0.717, 1.165) is 5.75 Å². The topological polar surface area (TPSA) is 70.0 Å². The molecule has 1 amide bonds. The summed E-state index contributed by atoms with van der Waals surface area (Å²) in [5.41, 5.74) is 1.27. The number of phenols is 2. The second-order valence-electron chi connectivity index (χ2n) is 5.19. The number of aromatic hydroxyl groups is 2. The van der Waals surface area contributed by atoms with Crippen LogP contribution in [-0.4, -0.2) is 27.0 Å². The van der Waals surface area contributed by atoms with E-state index in [1.807, 2.05) is 6.92 Å². The van der Waals surface area contributed by atoms with Crippen molar-refractivity contribution in [1.29, 1.82) is 0 Å². The first kappa shape index (κ1) is 17.3. The molecule has 128 valence electrons. The Labute approximate surface area is 154 Å². The SMILES string of the molecule is CCOc1ccc(N2C(=O)/C(=C\c3ccc(O)c(O)c3)SC2=S)cc1. The molecule has 0 spiro atoms. The largest absolute Gasteiger partial charge is 0.504 e. The summed E-state index contributed by atoms with van der Waals surface area (Å²) in [7, 11) is 0. The number of carbonyl (C=O) groups is 1. The van der Waals surface area contributed by atoms with Crippen LogP contribution in [0.3, 0.4) is 0 Å². The van der Waals surface area contributed by atoms with Crippen molar-refractivity contribution in [3.05, 3.63) is 52.9 Å². The van der Waals surface area contributed by atoms with Gasteiger partial charge in [-0.25, -0.2) is 0 Å². The van der Waals surface area contributed by atoms with Gasteiger partial charge in [-0.3, -0.25) is 9.69 Å². The number of nitrogens with zero attached hydrogens (tertiary/aromatic N) is 1. The number of phenolic OH excluding ortho intramolecular Hbond substituents is 2. The van der Waals surface area contributed by atoms with Gasteiger partial charge in [-0.15, -0.1) is 0 Å². The molecule has 3 rings (SSSR count). The van der Waals surface area contributed by atoms with Gasteiger partial charge < -0.3 is 14.9 Å². The second-order valence-corrected chi connectivity index (χ2v) is 6.87. The molecule has 0 aliphatic carbocycles. The lowest BCUT2D eigenvalue weighted by Gasteiger charge is -2.15. The number of rotatable bonds is 4. The Bertz CT molecular complexity index is 862. The maximum atomic E-state index is 12.7. The molecule has 1 heterocycles. The molecule has 5 nitrogen and oxygen atoms in total. The van der Waals surface area contributed by atoms with Crippen LogP contribution in [0, 0.1) is 0 Å². The highest BCUT2D eigenvalue weighted by atomic mass is 32.2. The van der Waals surface area contributed by atoms with Gasteiger partial charge in [-0.1, -0.05) is 30.0 Å². The van der Waals surface area contributed by atoms with Crippen LogP contribution < -0.4 is 9.64 Å². The number of carbonyl (C=O) groups excluding carboxylic acids is 1. The van der Waals surface area contributed by atoms with Gasteiger partial charge in [0.2, 0.25) is 0 Å². The Hall–Kier alpha value is -2.51. The van der Waals surface area contributed by atoms with Crippen molar-refractivity contribution in [1.82, 2.24) is 0 Å². The maximum absolute atomic E-state index is 12.7. The predicted molar refractivity (Wildman–Crippen MR) is 103 cm³/mol. The standard InChI is InChI=1S/C18H15NO4S2/c1-2-23-13-6-4-12(5-7-13)19-17(22)16(25-18(19)24)10-11-3-8-14(20)15(21)9-11/h3-10,20-21H,2H2,1H3/b16-10+. The normalized spacial score (nSPS) is 15.9. The highest BCUT2D eigenvalue weighted by molar-refractivity contribution is 8.27. The molecule has 0 bridgehead atoms. The summed E-state index contributed by atoms with van der Waals surface area (Å²) >= 11 is 6.52. The van der Waals surface area contributed by atoms with E-state index < -0.39 is 0 Å². The minimum absolute atomic E-state index is 0.209. The summed E-state index contributed by atoms with van der Waals surface area (Å²) in [6.45, 7) is 2.48. The number of amides is 1. The first-order valence-electron chi connectivity index (χ1n) is 7.52. The molecule has 2 N–H and O–H groups in total. The molecule has 1 fully saturated rings. The van der Waals surface area contributed by atoms with Gasteiger partial charge in [0.25, 0.3) is 5.91 Å². The molecule has 0 saturated carbocycles. The fourth-order valence-electron chi connectivity index (χ4n) is 2.33. The van der Waals surface area contributed by atoms with Gasteiger partial charge in [-0.2, -0.15) is 0 Å². The van der Waals surface area contributed by atoms with E-state index in [9.17, 15) is 15.0 Å². The molecule has 25 heavy (non-hydrogen) atoms. The summed E-state index contributed by atoms with van der Waals surface area (Å²) in [5.74, 6) is 0.0494. The molecule has 1 aliphatic heterocycles. The number of anilines is 1. The Balaban J connectivity index is 1.86. The van der Waals surface area contributed by atoms with Gasteiger partial charge in [0, 0.05) is 0 Å². The van der Waals surface area contributed by atoms with E-state index in [1.54, 1.807) is 36.4 Å².